The van der Waals surface area contributed by atoms with Gasteiger partial charge in [0, 0.05) is 25.1 Å². The molecule has 1 aliphatic carbocycles. The second-order valence-corrected chi connectivity index (χ2v) is 8.97. The highest BCUT2D eigenvalue weighted by atomic mass is 35.5. The third-order valence-corrected chi connectivity index (χ3v) is 7.45. The number of nitrogens with zero attached hydrogens (tertiary/aromatic N) is 4. The first kappa shape index (κ1) is 19.9. The van der Waals surface area contributed by atoms with Crippen LogP contribution in [0.1, 0.15) is 25.7 Å². The van der Waals surface area contributed by atoms with Gasteiger partial charge in [0.2, 0.25) is 5.65 Å². The number of hydrogen-bond donors (Lipinski definition) is 2. The number of aromatic nitrogens is 4. The van der Waals surface area contributed by atoms with E-state index < -0.39 is 17.4 Å². The van der Waals surface area contributed by atoms with Crippen LogP contribution in [0.2, 0.25) is 10.0 Å². The summed E-state index contributed by atoms with van der Waals surface area (Å²) in [6.45, 7) is 1.22. The highest BCUT2D eigenvalue weighted by Gasteiger charge is 2.57. The minimum Gasteiger partial charge on any atom is -0.355 e. The Morgan fingerprint density at radius 1 is 1.13 bits per heavy atom. The molecule has 1 saturated heterocycles. The molecule has 2 aromatic heterocycles. The average molecular weight is 453 g/mol. The van der Waals surface area contributed by atoms with Gasteiger partial charge in [-0.3, -0.25) is 5.10 Å². The Labute approximate surface area is 181 Å². The summed E-state index contributed by atoms with van der Waals surface area (Å²) >= 11 is 12.5. The lowest BCUT2D eigenvalue weighted by Gasteiger charge is -2.42. The molecule has 0 bridgehead atoms. The SMILES string of the molecule is N[C@@H]1C(F)(F)CCC12CCN(c1cnc3c(-c4cccc(Cl)c4Cl)[nH]nc3n1)CC2. The Balaban J connectivity index is 1.39. The fourth-order valence-electron chi connectivity index (χ4n) is 4.74. The van der Waals surface area contributed by atoms with Crippen LogP contribution < -0.4 is 10.6 Å². The number of nitrogens with two attached hydrogens (primary N) is 1. The number of H-pyrrole nitrogens is 1. The van der Waals surface area contributed by atoms with E-state index >= 15 is 0 Å². The van der Waals surface area contributed by atoms with Gasteiger partial charge in [0.05, 0.1) is 28.0 Å². The maximum Gasteiger partial charge on any atom is 0.263 e. The van der Waals surface area contributed by atoms with Crippen LogP contribution in [-0.4, -0.2) is 45.2 Å². The Kier molecular flexibility index (Phi) is 4.65. The first-order chi connectivity index (χ1) is 14.3. The minimum absolute atomic E-state index is 0.123. The van der Waals surface area contributed by atoms with Crippen LogP contribution in [0.4, 0.5) is 14.6 Å². The third-order valence-electron chi connectivity index (χ3n) is 6.63. The molecule has 0 radical (unpaired) electrons. The number of benzene rings is 1. The highest BCUT2D eigenvalue weighted by Crippen LogP contribution is 2.52. The second kappa shape index (κ2) is 7.00. The molecule has 1 aliphatic heterocycles. The van der Waals surface area contributed by atoms with Crippen molar-refractivity contribution in [2.45, 2.75) is 37.6 Å². The number of aromatic amines is 1. The summed E-state index contributed by atoms with van der Waals surface area (Å²) in [5.74, 6) is -2.10. The summed E-state index contributed by atoms with van der Waals surface area (Å²) in [5.41, 5.74) is 7.84. The molecule has 3 N–H and O–H groups in total. The average Bonchev–Trinajstić information content (AvgIpc) is 3.25. The van der Waals surface area contributed by atoms with E-state index in [1.165, 1.54) is 0 Å². The molecule has 6 nitrogen and oxygen atoms in total. The van der Waals surface area contributed by atoms with E-state index in [9.17, 15) is 8.78 Å². The van der Waals surface area contributed by atoms with Gasteiger partial charge in [-0.15, -0.1) is 0 Å². The molecule has 1 atom stereocenters. The van der Waals surface area contributed by atoms with Gasteiger partial charge >= 0.3 is 0 Å². The molecule has 2 fully saturated rings. The van der Waals surface area contributed by atoms with Crippen LogP contribution in [0.5, 0.6) is 0 Å². The van der Waals surface area contributed by atoms with Gasteiger partial charge in [0.25, 0.3) is 5.92 Å². The predicted octanol–water partition coefficient (Wildman–Crippen LogP) is 4.67. The van der Waals surface area contributed by atoms with Crippen molar-refractivity contribution in [3.8, 4) is 11.3 Å². The zero-order valence-electron chi connectivity index (χ0n) is 16.0. The molecule has 0 amide bonds. The first-order valence-electron chi connectivity index (χ1n) is 9.85. The number of halogens is 4. The van der Waals surface area contributed by atoms with E-state index in [0.717, 1.165) is 0 Å². The lowest BCUT2D eigenvalue weighted by Crippen LogP contribution is -2.52. The molecule has 30 heavy (non-hydrogen) atoms. The van der Waals surface area contributed by atoms with Crippen LogP contribution >= 0.6 is 23.2 Å². The number of hydrogen-bond acceptors (Lipinski definition) is 5. The molecule has 5 rings (SSSR count). The van der Waals surface area contributed by atoms with E-state index in [0.29, 0.717) is 70.6 Å². The van der Waals surface area contributed by atoms with Crippen LogP contribution in [0.25, 0.3) is 22.4 Å². The molecular weight excluding hydrogens is 433 g/mol. The van der Waals surface area contributed by atoms with Crippen LogP contribution in [0.3, 0.4) is 0 Å². The van der Waals surface area contributed by atoms with Crippen LogP contribution in [0.15, 0.2) is 24.4 Å². The quantitative estimate of drug-likeness (QED) is 0.589. The van der Waals surface area contributed by atoms with Crippen molar-refractivity contribution in [2.24, 2.45) is 11.1 Å². The van der Waals surface area contributed by atoms with Crippen LogP contribution in [0, 0.1) is 5.41 Å². The largest absolute Gasteiger partial charge is 0.355 e. The summed E-state index contributed by atoms with van der Waals surface area (Å²) in [6.07, 6.45) is 3.27. The van der Waals surface area contributed by atoms with Crippen molar-refractivity contribution in [3.05, 3.63) is 34.4 Å². The monoisotopic (exact) mass is 452 g/mol. The standard InChI is InChI=1S/C20H20Cl2F2N6/c21-12-3-1-2-11(14(12)22)15-16-17(29-28-15)27-13(10-26-16)30-8-6-19(7-9-30)4-5-20(23,24)18(19)25/h1-3,10,18H,4-9,25H2,(H,27,28,29)/t18-/m0/s1. The summed E-state index contributed by atoms with van der Waals surface area (Å²) in [7, 11) is 0. The van der Waals surface area contributed by atoms with E-state index in [1.807, 2.05) is 6.07 Å². The Hall–Kier alpha value is -2.03. The Bertz CT molecular complexity index is 1110. The molecule has 3 aromatic rings. The van der Waals surface area contributed by atoms with Crippen molar-refractivity contribution in [1.29, 1.82) is 0 Å². The number of rotatable bonds is 2. The number of anilines is 1. The summed E-state index contributed by atoms with van der Waals surface area (Å²) in [5, 5.41) is 8.09. The smallest absolute Gasteiger partial charge is 0.263 e. The van der Waals surface area contributed by atoms with E-state index in [1.54, 1.807) is 18.3 Å². The number of piperidine rings is 1. The van der Waals surface area contributed by atoms with Gasteiger partial charge in [-0.1, -0.05) is 35.3 Å². The minimum atomic E-state index is -2.77. The van der Waals surface area contributed by atoms with Crippen LogP contribution in [-0.2, 0) is 0 Å². The lowest BCUT2D eigenvalue weighted by atomic mass is 9.74. The van der Waals surface area contributed by atoms with Gasteiger partial charge in [0.15, 0.2) is 0 Å². The summed E-state index contributed by atoms with van der Waals surface area (Å²) in [4.78, 5) is 11.2. The molecule has 1 aromatic carbocycles. The van der Waals surface area contributed by atoms with Crippen molar-refractivity contribution in [3.63, 3.8) is 0 Å². The molecule has 3 heterocycles. The summed E-state index contributed by atoms with van der Waals surface area (Å²) in [6, 6.07) is 4.28. The zero-order valence-corrected chi connectivity index (χ0v) is 17.5. The van der Waals surface area contributed by atoms with Crippen molar-refractivity contribution < 1.29 is 8.78 Å². The fourth-order valence-corrected chi connectivity index (χ4v) is 5.14. The maximum atomic E-state index is 14.0. The normalized spacial score (nSPS) is 22.8. The Morgan fingerprint density at radius 3 is 2.60 bits per heavy atom. The van der Waals surface area contributed by atoms with Gasteiger partial charge in [-0.25, -0.2) is 18.7 Å². The molecule has 2 aliphatic rings. The van der Waals surface area contributed by atoms with Crippen molar-refractivity contribution >= 4 is 40.2 Å². The molecule has 1 saturated carbocycles. The molecular formula is C20H20Cl2F2N6. The van der Waals surface area contributed by atoms with Gasteiger partial charge in [-0.05, 0) is 30.7 Å². The summed E-state index contributed by atoms with van der Waals surface area (Å²) < 4.78 is 27.9. The topological polar surface area (TPSA) is 83.7 Å². The van der Waals surface area contributed by atoms with E-state index in [2.05, 4.69) is 25.1 Å². The zero-order chi connectivity index (χ0) is 21.1. The van der Waals surface area contributed by atoms with Gasteiger partial charge in [0.1, 0.15) is 11.3 Å². The fraction of sp³-hybridized carbons (Fsp3) is 0.450. The van der Waals surface area contributed by atoms with E-state index in [-0.39, 0.29) is 6.42 Å². The van der Waals surface area contributed by atoms with Crippen molar-refractivity contribution in [1.82, 2.24) is 20.2 Å². The van der Waals surface area contributed by atoms with Gasteiger partial charge in [-0.2, -0.15) is 5.10 Å². The number of alkyl halides is 2. The number of nitrogens with one attached hydrogen (secondary N) is 1. The lowest BCUT2D eigenvalue weighted by molar-refractivity contribution is -0.0279. The molecule has 10 heteroatoms. The predicted molar refractivity (Wildman–Crippen MR) is 113 cm³/mol. The molecule has 1 spiro atoms. The highest BCUT2D eigenvalue weighted by molar-refractivity contribution is 6.43. The van der Waals surface area contributed by atoms with Gasteiger partial charge < -0.3 is 10.6 Å². The third kappa shape index (κ3) is 3.04. The second-order valence-electron chi connectivity index (χ2n) is 8.19. The molecule has 0 unspecified atom stereocenters. The van der Waals surface area contributed by atoms with Crippen molar-refractivity contribution in [2.75, 3.05) is 18.0 Å². The van der Waals surface area contributed by atoms with E-state index in [4.69, 9.17) is 28.9 Å². The Morgan fingerprint density at radius 2 is 1.90 bits per heavy atom. The first-order valence-corrected chi connectivity index (χ1v) is 10.6. The number of fused-ring (bicyclic) bond motifs is 1. The maximum absolute atomic E-state index is 14.0. The molecule has 158 valence electrons.